The normalized spacial score (nSPS) is 12.1. The van der Waals surface area contributed by atoms with E-state index in [-0.39, 0.29) is 17.3 Å². The molecule has 3 aromatic rings. The lowest BCUT2D eigenvalue weighted by atomic mass is 10.1. The zero-order chi connectivity index (χ0) is 28.7. The maximum atomic E-state index is 14.0. The number of aryl methyl sites for hydroxylation is 2. The molecule has 0 fully saturated rings. The monoisotopic (exact) mass is 633 g/mol. The van der Waals surface area contributed by atoms with E-state index in [4.69, 9.17) is 11.6 Å². The fraction of sp³-hybridized carbons (Fsp3) is 0.310. The van der Waals surface area contributed by atoms with Gasteiger partial charge in [0, 0.05) is 22.6 Å². The van der Waals surface area contributed by atoms with Crippen LogP contribution in [0.5, 0.6) is 0 Å². The third-order valence-corrected chi connectivity index (χ3v) is 8.79. The molecule has 0 aliphatic carbocycles. The van der Waals surface area contributed by atoms with Gasteiger partial charge in [-0.2, -0.15) is 0 Å². The van der Waals surface area contributed by atoms with Crippen LogP contribution in [0.25, 0.3) is 0 Å². The van der Waals surface area contributed by atoms with Crippen molar-refractivity contribution in [2.75, 3.05) is 17.4 Å². The molecule has 3 rings (SSSR count). The Balaban J connectivity index is 2.06. The summed E-state index contributed by atoms with van der Waals surface area (Å²) in [5, 5.41) is 3.17. The SMILES string of the molecule is CCCNC(=O)[C@@H](C)N(Cc1cccc(Br)c1)C(=O)CN(c1cc(Cl)ccc1C)S(=O)(=O)c1ccc(C)cc1. The smallest absolute Gasteiger partial charge is 0.264 e. The van der Waals surface area contributed by atoms with Gasteiger partial charge in [0.25, 0.3) is 10.0 Å². The van der Waals surface area contributed by atoms with E-state index in [1.165, 1.54) is 23.1 Å². The predicted molar refractivity (Wildman–Crippen MR) is 159 cm³/mol. The molecular formula is C29H33BrClN3O4S. The van der Waals surface area contributed by atoms with Gasteiger partial charge in [-0.25, -0.2) is 8.42 Å². The Kier molecular flexibility index (Phi) is 10.6. The molecule has 0 radical (unpaired) electrons. The Hall–Kier alpha value is -2.88. The largest absolute Gasteiger partial charge is 0.354 e. The van der Waals surface area contributed by atoms with Crippen molar-refractivity contribution in [1.29, 1.82) is 0 Å². The first-order valence-electron chi connectivity index (χ1n) is 12.6. The van der Waals surface area contributed by atoms with Crippen LogP contribution in [0.3, 0.4) is 0 Å². The van der Waals surface area contributed by atoms with Crippen molar-refractivity contribution in [3.63, 3.8) is 0 Å². The minimum Gasteiger partial charge on any atom is -0.354 e. The topological polar surface area (TPSA) is 86.8 Å². The van der Waals surface area contributed by atoms with E-state index in [0.717, 1.165) is 26.3 Å². The number of nitrogens with zero attached hydrogens (tertiary/aromatic N) is 2. The van der Waals surface area contributed by atoms with Gasteiger partial charge >= 0.3 is 0 Å². The number of benzene rings is 3. The second-order valence-corrected chi connectivity index (χ2v) is 12.6. The lowest BCUT2D eigenvalue weighted by Gasteiger charge is -2.32. The molecule has 2 amide bonds. The summed E-state index contributed by atoms with van der Waals surface area (Å²) in [6.45, 7) is 7.28. The van der Waals surface area contributed by atoms with Crippen LogP contribution in [-0.2, 0) is 26.2 Å². The maximum Gasteiger partial charge on any atom is 0.264 e. The van der Waals surface area contributed by atoms with Crippen molar-refractivity contribution in [2.24, 2.45) is 0 Å². The molecule has 0 heterocycles. The molecule has 0 aromatic heterocycles. The number of halogens is 2. The maximum absolute atomic E-state index is 14.0. The Labute approximate surface area is 244 Å². The molecule has 39 heavy (non-hydrogen) atoms. The van der Waals surface area contributed by atoms with Crippen LogP contribution >= 0.6 is 27.5 Å². The van der Waals surface area contributed by atoms with E-state index in [9.17, 15) is 18.0 Å². The molecular weight excluding hydrogens is 602 g/mol. The van der Waals surface area contributed by atoms with Gasteiger partial charge in [-0.3, -0.25) is 13.9 Å². The third kappa shape index (κ3) is 7.84. The molecule has 0 spiro atoms. The van der Waals surface area contributed by atoms with Crippen LogP contribution in [0, 0.1) is 13.8 Å². The number of amides is 2. The Bertz CT molecular complexity index is 1430. The minimum absolute atomic E-state index is 0.0487. The zero-order valence-corrected chi connectivity index (χ0v) is 25.6. The van der Waals surface area contributed by atoms with E-state index >= 15 is 0 Å². The van der Waals surface area contributed by atoms with Gasteiger partial charge in [0.2, 0.25) is 11.8 Å². The first-order valence-corrected chi connectivity index (χ1v) is 15.2. The molecule has 0 bridgehead atoms. The van der Waals surface area contributed by atoms with Crippen molar-refractivity contribution >= 4 is 55.1 Å². The average Bonchev–Trinajstić information content (AvgIpc) is 2.90. The molecule has 1 N–H and O–H groups in total. The lowest BCUT2D eigenvalue weighted by molar-refractivity contribution is -0.139. The number of nitrogens with one attached hydrogen (secondary N) is 1. The summed E-state index contributed by atoms with van der Waals surface area (Å²) in [5.74, 6) is -0.837. The molecule has 208 valence electrons. The standard InChI is InChI=1S/C29H33BrClN3O4S/c1-5-15-32-29(36)22(4)33(18-23-7-6-8-24(30)16-23)28(35)19-34(27-17-25(31)12-11-21(27)3)39(37,38)26-13-9-20(2)10-14-26/h6-14,16-17,22H,5,15,18-19H2,1-4H3,(H,32,36)/t22-/m1/s1. The first-order chi connectivity index (χ1) is 18.4. The van der Waals surface area contributed by atoms with Crippen molar-refractivity contribution in [3.8, 4) is 0 Å². The van der Waals surface area contributed by atoms with Gasteiger partial charge in [-0.05, 0) is 74.7 Å². The van der Waals surface area contributed by atoms with Crippen LogP contribution in [-0.4, -0.2) is 44.3 Å². The van der Waals surface area contributed by atoms with Crippen LogP contribution in [0.4, 0.5) is 5.69 Å². The van der Waals surface area contributed by atoms with Gasteiger partial charge < -0.3 is 10.2 Å². The Morgan fingerprint density at radius 3 is 2.36 bits per heavy atom. The second kappa shape index (κ2) is 13.5. The summed E-state index contributed by atoms with van der Waals surface area (Å²) in [7, 11) is -4.16. The molecule has 10 heteroatoms. The summed E-state index contributed by atoms with van der Waals surface area (Å²) in [5.41, 5.74) is 2.62. The van der Waals surface area contributed by atoms with Gasteiger partial charge in [0.05, 0.1) is 10.6 Å². The average molecular weight is 635 g/mol. The third-order valence-electron chi connectivity index (χ3n) is 6.29. The fourth-order valence-electron chi connectivity index (χ4n) is 4.01. The minimum atomic E-state index is -4.16. The highest BCUT2D eigenvalue weighted by molar-refractivity contribution is 9.10. The summed E-state index contributed by atoms with van der Waals surface area (Å²) in [6.07, 6.45) is 0.745. The summed E-state index contributed by atoms with van der Waals surface area (Å²) in [6, 6.07) is 17.9. The van der Waals surface area contributed by atoms with E-state index < -0.39 is 28.5 Å². The van der Waals surface area contributed by atoms with Crippen molar-refractivity contribution in [2.45, 2.75) is 51.6 Å². The second-order valence-electron chi connectivity index (χ2n) is 9.37. The number of rotatable bonds is 11. The fourth-order valence-corrected chi connectivity index (χ4v) is 6.10. The summed E-state index contributed by atoms with van der Waals surface area (Å²) in [4.78, 5) is 28.4. The molecule has 3 aromatic carbocycles. The van der Waals surface area contributed by atoms with Crippen molar-refractivity contribution in [3.05, 3.63) is 92.9 Å². The quantitative estimate of drug-likeness (QED) is 0.286. The van der Waals surface area contributed by atoms with E-state index in [0.29, 0.717) is 22.8 Å². The Morgan fingerprint density at radius 1 is 1.03 bits per heavy atom. The van der Waals surface area contributed by atoms with Crippen LogP contribution in [0.2, 0.25) is 5.02 Å². The molecule has 0 saturated heterocycles. The zero-order valence-electron chi connectivity index (χ0n) is 22.4. The number of sulfonamides is 1. The van der Waals surface area contributed by atoms with E-state index in [2.05, 4.69) is 21.2 Å². The highest BCUT2D eigenvalue weighted by atomic mass is 79.9. The lowest BCUT2D eigenvalue weighted by Crippen LogP contribution is -2.51. The predicted octanol–water partition coefficient (Wildman–Crippen LogP) is 5.86. The number of carbonyl (C=O) groups is 2. The van der Waals surface area contributed by atoms with E-state index in [1.54, 1.807) is 38.1 Å². The highest BCUT2D eigenvalue weighted by Gasteiger charge is 2.33. The highest BCUT2D eigenvalue weighted by Crippen LogP contribution is 2.30. The summed E-state index contributed by atoms with van der Waals surface area (Å²) >= 11 is 9.71. The van der Waals surface area contributed by atoms with Crippen molar-refractivity contribution in [1.82, 2.24) is 10.2 Å². The van der Waals surface area contributed by atoms with Gasteiger partial charge in [0.15, 0.2) is 0 Å². The van der Waals surface area contributed by atoms with Gasteiger partial charge in [-0.15, -0.1) is 0 Å². The number of anilines is 1. The Morgan fingerprint density at radius 2 is 1.72 bits per heavy atom. The van der Waals surface area contributed by atoms with Crippen LogP contribution in [0.15, 0.2) is 76.1 Å². The number of hydrogen-bond donors (Lipinski definition) is 1. The van der Waals surface area contributed by atoms with Crippen LogP contribution < -0.4 is 9.62 Å². The molecule has 0 unspecified atom stereocenters. The van der Waals surface area contributed by atoms with Gasteiger partial charge in [0.1, 0.15) is 12.6 Å². The van der Waals surface area contributed by atoms with Crippen molar-refractivity contribution < 1.29 is 18.0 Å². The van der Waals surface area contributed by atoms with Crippen LogP contribution in [0.1, 0.15) is 37.0 Å². The number of carbonyl (C=O) groups excluding carboxylic acids is 2. The molecule has 0 aliphatic rings. The number of hydrogen-bond acceptors (Lipinski definition) is 4. The molecule has 7 nitrogen and oxygen atoms in total. The molecule has 0 saturated carbocycles. The van der Waals surface area contributed by atoms with Gasteiger partial charge in [-0.1, -0.05) is 70.3 Å². The van der Waals surface area contributed by atoms with E-state index in [1.807, 2.05) is 38.1 Å². The summed E-state index contributed by atoms with van der Waals surface area (Å²) < 4.78 is 29.8. The molecule has 1 atom stereocenters. The molecule has 0 aliphatic heterocycles. The first kappa shape index (κ1) is 30.7.